The predicted molar refractivity (Wildman–Crippen MR) is 126 cm³/mol. The van der Waals surface area contributed by atoms with Gasteiger partial charge in [-0.15, -0.1) is 0 Å². The van der Waals surface area contributed by atoms with E-state index in [0.717, 1.165) is 38.3 Å². The smallest absolute Gasteiger partial charge is 0.342 e. The maximum absolute atomic E-state index is 12.4. The molecule has 1 aromatic rings. The maximum Gasteiger partial charge on any atom is 0.342 e. The number of nitrogens with two attached hydrogens (primary N) is 1. The zero-order chi connectivity index (χ0) is 22.9. The van der Waals surface area contributed by atoms with Crippen LogP contribution in [0.4, 0.5) is 5.69 Å². The van der Waals surface area contributed by atoms with E-state index in [1.165, 1.54) is 51.3 Å². The summed E-state index contributed by atoms with van der Waals surface area (Å²) in [5.74, 6) is 0.795. The van der Waals surface area contributed by atoms with Gasteiger partial charge in [0.1, 0.15) is 17.9 Å². The van der Waals surface area contributed by atoms with Gasteiger partial charge in [0.05, 0.1) is 17.8 Å². The van der Waals surface area contributed by atoms with Gasteiger partial charge in [-0.25, -0.2) is 4.79 Å². The maximum atomic E-state index is 12.4. The normalized spacial score (nSPS) is 18.3. The Morgan fingerprint density at radius 2 is 1.88 bits per heavy atom. The van der Waals surface area contributed by atoms with Crippen molar-refractivity contribution >= 4 is 29.2 Å². The van der Waals surface area contributed by atoms with Crippen molar-refractivity contribution in [1.82, 2.24) is 10.2 Å². The van der Waals surface area contributed by atoms with Crippen LogP contribution < -0.4 is 15.8 Å². The first-order valence-corrected chi connectivity index (χ1v) is 12.2. The molecule has 0 spiro atoms. The van der Waals surface area contributed by atoms with Gasteiger partial charge in [-0.05, 0) is 31.2 Å². The second-order valence-electron chi connectivity index (χ2n) is 8.94. The van der Waals surface area contributed by atoms with E-state index in [1.54, 1.807) is 0 Å². The number of ether oxygens (including phenoxy) is 2. The molecule has 8 heteroatoms. The van der Waals surface area contributed by atoms with E-state index < -0.39 is 5.97 Å². The van der Waals surface area contributed by atoms with Crippen LogP contribution in [-0.4, -0.2) is 56.2 Å². The largest absolute Gasteiger partial charge is 0.496 e. The minimum absolute atomic E-state index is 0.194. The highest BCUT2D eigenvalue weighted by atomic mass is 35.5. The predicted octanol–water partition coefficient (Wildman–Crippen LogP) is 4.03. The Morgan fingerprint density at radius 3 is 2.56 bits per heavy atom. The van der Waals surface area contributed by atoms with E-state index in [1.807, 2.05) is 0 Å². The van der Waals surface area contributed by atoms with Gasteiger partial charge >= 0.3 is 5.97 Å². The van der Waals surface area contributed by atoms with Crippen molar-refractivity contribution in [2.75, 3.05) is 39.1 Å². The fourth-order valence-corrected chi connectivity index (χ4v) is 4.82. The van der Waals surface area contributed by atoms with Gasteiger partial charge in [-0.2, -0.15) is 0 Å². The Labute approximate surface area is 195 Å². The van der Waals surface area contributed by atoms with Gasteiger partial charge in [-0.3, -0.25) is 9.69 Å². The van der Waals surface area contributed by atoms with Crippen molar-refractivity contribution in [1.29, 1.82) is 0 Å². The summed E-state index contributed by atoms with van der Waals surface area (Å²) in [6, 6.07) is 3.24. The fourth-order valence-electron chi connectivity index (χ4n) is 4.65. The van der Waals surface area contributed by atoms with E-state index in [0.29, 0.717) is 29.4 Å². The molecule has 1 aromatic carbocycles. The number of anilines is 1. The first kappa shape index (κ1) is 24.6. The number of piperidine rings is 1. The van der Waals surface area contributed by atoms with Crippen LogP contribution in [0, 0.1) is 5.92 Å². The molecule has 1 saturated heterocycles. The van der Waals surface area contributed by atoms with E-state index in [9.17, 15) is 9.59 Å². The molecule has 0 atom stereocenters. The molecule has 1 amide bonds. The number of benzene rings is 1. The first-order chi connectivity index (χ1) is 15.5. The third-order valence-corrected chi connectivity index (χ3v) is 6.96. The molecule has 0 unspecified atom stereocenters. The molecule has 2 aliphatic rings. The lowest BCUT2D eigenvalue weighted by Crippen LogP contribution is -2.45. The van der Waals surface area contributed by atoms with E-state index in [-0.39, 0.29) is 24.1 Å². The number of nitrogens with one attached hydrogen (secondary N) is 1. The zero-order valence-electron chi connectivity index (χ0n) is 19.0. The molecule has 0 aromatic heterocycles. The summed E-state index contributed by atoms with van der Waals surface area (Å²) in [7, 11) is 1.47. The number of nitrogens with zero attached hydrogens (tertiary/aromatic N) is 1. The summed E-state index contributed by atoms with van der Waals surface area (Å²) in [4.78, 5) is 27.0. The molecule has 32 heavy (non-hydrogen) atoms. The lowest BCUT2D eigenvalue weighted by molar-refractivity contribution is -0.122. The minimum Gasteiger partial charge on any atom is -0.496 e. The summed E-state index contributed by atoms with van der Waals surface area (Å²) in [5.41, 5.74) is 6.37. The van der Waals surface area contributed by atoms with Gasteiger partial charge in [0.15, 0.2) is 0 Å². The fraction of sp³-hybridized carbons (Fsp3) is 0.667. The topological polar surface area (TPSA) is 93.9 Å². The quantitative estimate of drug-likeness (QED) is 0.422. The number of methoxy groups -OCH3 is 1. The summed E-state index contributed by atoms with van der Waals surface area (Å²) < 4.78 is 10.6. The van der Waals surface area contributed by atoms with Crippen molar-refractivity contribution < 1.29 is 19.1 Å². The van der Waals surface area contributed by atoms with Gasteiger partial charge in [-0.1, -0.05) is 43.7 Å². The van der Waals surface area contributed by atoms with Crippen molar-refractivity contribution in [2.24, 2.45) is 5.92 Å². The molecule has 1 aliphatic carbocycles. The van der Waals surface area contributed by atoms with Crippen molar-refractivity contribution in [3.63, 3.8) is 0 Å². The summed E-state index contributed by atoms with van der Waals surface area (Å²) in [5, 5.41) is 3.50. The molecule has 7 nitrogen and oxygen atoms in total. The average Bonchev–Trinajstić information content (AvgIpc) is 2.81. The Balaban J connectivity index is 1.32. The van der Waals surface area contributed by atoms with Crippen LogP contribution in [0.3, 0.4) is 0 Å². The van der Waals surface area contributed by atoms with Gasteiger partial charge in [0.2, 0.25) is 5.91 Å². The highest BCUT2D eigenvalue weighted by Crippen LogP contribution is 2.29. The monoisotopic (exact) mass is 465 g/mol. The summed E-state index contributed by atoms with van der Waals surface area (Å²) in [6.45, 7) is 2.69. The Bertz CT molecular complexity index is 775. The molecule has 0 bridgehead atoms. The number of carbonyl (C=O) groups is 2. The number of amides is 1. The van der Waals surface area contributed by atoms with Crippen molar-refractivity contribution in [3.8, 4) is 5.75 Å². The third kappa shape index (κ3) is 7.27. The van der Waals surface area contributed by atoms with E-state index >= 15 is 0 Å². The van der Waals surface area contributed by atoms with E-state index in [4.69, 9.17) is 26.8 Å². The molecule has 3 N–H and O–H groups in total. The molecular weight excluding hydrogens is 430 g/mol. The molecule has 2 fully saturated rings. The molecule has 0 radical (unpaired) electrons. The van der Waals surface area contributed by atoms with Gasteiger partial charge in [0, 0.05) is 38.2 Å². The number of carbonyl (C=O) groups excluding carboxylic acids is 2. The highest BCUT2D eigenvalue weighted by Gasteiger charge is 2.22. The number of hydrogen-bond donors (Lipinski definition) is 2. The van der Waals surface area contributed by atoms with Crippen molar-refractivity contribution in [3.05, 3.63) is 22.7 Å². The molecule has 1 heterocycles. The lowest BCUT2D eigenvalue weighted by Gasteiger charge is -2.32. The SMILES string of the molecule is COc1cc(N)c(Cl)cc1C(=O)OCCN1CCC(NC(=O)CCC2CCCCC2)CC1. The first-order valence-electron chi connectivity index (χ1n) is 11.8. The number of hydrogen-bond acceptors (Lipinski definition) is 6. The van der Waals surface area contributed by atoms with E-state index in [2.05, 4.69) is 10.2 Å². The Morgan fingerprint density at radius 1 is 1.16 bits per heavy atom. The minimum atomic E-state index is -0.483. The number of esters is 1. The Kier molecular flexibility index (Phi) is 9.48. The standard InChI is InChI=1S/C24H36ClN3O4/c1-31-22-16-21(26)20(25)15-19(22)24(30)32-14-13-28-11-9-18(10-12-28)27-23(29)8-7-17-5-3-2-4-6-17/h15-18H,2-14,26H2,1H3,(H,27,29). The number of nitrogen functional groups attached to an aromatic ring is 1. The van der Waals surface area contributed by atoms with Crippen LogP contribution in [0.2, 0.25) is 5.02 Å². The van der Waals surface area contributed by atoms with Crippen LogP contribution in [0.1, 0.15) is 68.1 Å². The van der Waals surface area contributed by atoms with Crippen LogP contribution in [0.5, 0.6) is 5.75 Å². The molecule has 178 valence electrons. The van der Waals surface area contributed by atoms with Crippen LogP contribution >= 0.6 is 11.6 Å². The zero-order valence-corrected chi connectivity index (χ0v) is 19.8. The van der Waals surface area contributed by atoms with Crippen LogP contribution in [0.15, 0.2) is 12.1 Å². The van der Waals surface area contributed by atoms with Gasteiger partial charge in [0.25, 0.3) is 0 Å². The summed E-state index contributed by atoms with van der Waals surface area (Å²) >= 11 is 6.02. The molecule has 3 rings (SSSR count). The lowest BCUT2D eigenvalue weighted by atomic mass is 9.86. The van der Waals surface area contributed by atoms with Crippen LogP contribution in [-0.2, 0) is 9.53 Å². The van der Waals surface area contributed by atoms with Crippen LogP contribution in [0.25, 0.3) is 0 Å². The summed E-state index contributed by atoms with van der Waals surface area (Å²) in [6.07, 6.45) is 10.1. The van der Waals surface area contributed by atoms with Crippen molar-refractivity contribution in [2.45, 2.75) is 63.8 Å². The second-order valence-corrected chi connectivity index (χ2v) is 9.34. The highest BCUT2D eigenvalue weighted by molar-refractivity contribution is 6.33. The van der Waals surface area contributed by atoms with Gasteiger partial charge < -0.3 is 20.5 Å². The second kappa shape index (κ2) is 12.3. The number of rotatable bonds is 9. The number of halogens is 1. The molecule has 1 saturated carbocycles. The molecule has 1 aliphatic heterocycles. The average molecular weight is 466 g/mol. The third-order valence-electron chi connectivity index (χ3n) is 6.64. The molecular formula is C24H36ClN3O4. The number of likely N-dealkylation sites (tertiary alicyclic amines) is 1. The Hall–Kier alpha value is -1.99.